The van der Waals surface area contributed by atoms with Crippen LogP contribution in [0.5, 0.6) is 0 Å². The molecule has 0 aliphatic heterocycles. The molecule has 2 heterocycles. The fourth-order valence-electron chi connectivity index (χ4n) is 2.28. The van der Waals surface area contributed by atoms with E-state index in [1.54, 1.807) is 15.3 Å². The first-order valence-corrected chi connectivity index (χ1v) is 6.57. The number of rotatable bonds is 2. The van der Waals surface area contributed by atoms with Crippen LogP contribution in [-0.2, 0) is 6.54 Å². The Hall–Kier alpha value is -2.08. The SMILES string of the molecule is CCn1nc(C)c2nc(N)n(-c3ccc(Cl)c(F)c3)c21. The van der Waals surface area contributed by atoms with E-state index in [0.29, 0.717) is 18.2 Å². The van der Waals surface area contributed by atoms with Crippen LogP contribution in [0, 0.1) is 12.7 Å². The molecular weight excluding hydrogens is 281 g/mol. The molecule has 0 aliphatic rings. The summed E-state index contributed by atoms with van der Waals surface area (Å²) < 4.78 is 17.1. The van der Waals surface area contributed by atoms with Crippen molar-refractivity contribution in [3.8, 4) is 5.69 Å². The second-order valence-corrected chi connectivity index (χ2v) is 4.88. The molecule has 3 rings (SSSR count). The van der Waals surface area contributed by atoms with Crippen molar-refractivity contribution in [2.75, 3.05) is 5.73 Å². The maximum Gasteiger partial charge on any atom is 0.207 e. The molecule has 0 atom stereocenters. The van der Waals surface area contributed by atoms with E-state index < -0.39 is 5.82 Å². The monoisotopic (exact) mass is 293 g/mol. The first kappa shape index (κ1) is 12.9. The van der Waals surface area contributed by atoms with Gasteiger partial charge >= 0.3 is 0 Å². The Morgan fingerprint density at radius 1 is 1.40 bits per heavy atom. The quantitative estimate of drug-likeness (QED) is 0.790. The van der Waals surface area contributed by atoms with E-state index in [9.17, 15) is 4.39 Å². The summed E-state index contributed by atoms with van der Waals surface area (Å²) in [6.07, 6.45) is 0. The molecule has 0 saturated heterocycles. The Bertz CT molecular complexity index is 805. The molecule has 0 saturated carbocycles. The minimum atomic E-state index is -0.496. The Kier molecular flexibility index (Phi) is 2.90. The number of aromatic nitrogens is 4. The van der Waals surface area contributed by atoms with E-state index in [0.717, 1.165) is 16.9 Å². The molecule has 1 aromatic carbocycles. The zero-order valence-electron chi connectivity index (χ0n) is 11.1. The Labute approximate surface area is 119 Å². The predicted molar refractivity (Wildman–Crippen MR) is 76.6 cm³/mol. The van der Waals surface area contributed by atoms with Crippen molar-refractivity contribution in [3.05, 3.63) is 34.7 Å². The van der Waals surface area contributed by atoms with Gasteiger partial charge in [-0.1, -0.05) is 11.6 Å². The van der Waals surface area contributed by atoms with Gasteiger partial charge < -0.3 is 5.73 Å². The molecule has 0 unspecified atom stereocenters. The van der Waals surface area contributed by atoms with Crippen molar-refractivity contribution in [3.63, 3.8) is 0 Å². The lowest BCUT2D eigenvalue weighted by atomic mass is 10.3. The van der Waals surface area contributed by atoms with Gasteiger partial charge in [0.05, 0.1) is 16.4 Å². The second kappa shape index (κ2) is 4.49. The van der Waals surface area contributed by atoms with Gasteiger partial charge in [0, 0.05) is 6.54 Å². The molecule has 0 bridgehead atoms. The molecule has 0 radical (unpaired) electrons. The molecule has 0 spiro atoms. The molecule has 0 fully saturated rings. The molecule has 0 amide bonds. The van der Waals surface area contributed by atoms with Crippen LogP contribution in [0.3, 0.4) is 0 Å². The number of nitrogens with zero attached hydrogens (tertiary/aromatic N) is 4. The first-order chi connectivity index (χ1) is 9.52. The highest BCUT2D eigenvalue weighted by molar-refractivity contribution is 6.30. The predicted octanol–water partition coefficient (Wildman–Crippen LogP) is 2.93. The number of aryl methyl sites for hydroxylation is 2. The fourth-order valence-corrected chi connectivity index (χ4v) is 2.40. The number of hydrogen-bond donors (Lipinski definition) is 1. The summed E-state index contributed by atoms with van der Waals surface area (Å²) in [4.78, 5) is 4.31. The summed E-state index contributed by atoms with van der Waals surface area (Å²) >= 11 is 5.71. The van der Waals surface area contributed by atoms with Crippen LogP contribution in [-0.4, -0.2) is 19.3 Å². The van der Waals surface area contributed by atoms with Crippen LogP contribution in [0.15, 0.2) is 18.2 Å². The van der Waals surface area contributed by atoms with E-state index in [2.05, 4.69) is 10.1 Å². The number of anilines is 1. The molecule has 5 nitrogen and oxygen atoms in total. The normalized spacial score (nSPS) is 11.4. The average Bonchev–Trinajstić information content (AvgIpc) is 2.90. The van der Waals surface area contributed by atoms with Crippen LogP contribution in [0.25, 0.3) is 16.9 Å². The highest BCUT2D eigenvalue weighted by atomic mass is 35.5. The van der Waals surface area contributed by atoms with Crippen molar-refractivity contribution in [1.82, 2.24) is 19.3 Å². The van der Waals surface area contributed by atoms with Crippen molar-refractivity contribution >= 4 is 28.7 Å². The minimum absolute atomic E-state index is 0.0730. The van der Waals surface area contributed by atoms with Gasteiger partial charge in [-0.2, -0.15) is 5.10 Å². The molecule has 7 heteroatoms. The summed E-state index contributed by atoms with van der Waals surface area (Å²) in [5.41, 5.74) is 8.81. The lowest BCUT2D eigenvalue weighted by Gasteiger charge is -2.08. The number of fused-ring (bicyclic) bond motifs is 1. The van der Waals surface area contributed by atoms with Crippen molar-refractivity contribution in [1.29, 1.82) is 0 Å². The molecule has 104 valence electrons. The van der Waals surface area contributed by atoms with Gasteiger partial charge in [0.1, 0.15) is 11.3 Å². The van der Waals surface area contributed by atoms with Gasteiger partial charge in [-0.15, -0.1) is 0 Å². The summed E-state index contributed by atoms with van der Waals surface area (Å²) in [6.45, 7) is 4.51. The number of imidazole rings is 1. The maximum atomic E-state index is 13.7. The lowest BCUT2D eigenvalue weighted by molar-refractivity contribution is 0.626. The first-order valence-electron chi connectivity index (χ1n) is 6.19. The molecule has 2 aromatic heterocycles. The van der Waals surface area contributed by atoms with Crippen LogP contribution < -0.4 is 5.73 Å². The highest BCUT2D eigenvalue weighted by Gasteiger charge is 2.18. The number of hydrogen-bond acceptors (Lipinski definition) is 3. The van der Waals surface area contributed by atoms with Crippen LogP contribution in [0.2, 0.25) is 5.02 Å². The van der Waals surface area contributed by atoms with Gasteiger partial charge in [-0.25, -0.2) is 14.1 Å². The average molecular weight is 294 g/mol. The largest absolute Gasteiger partial charge is 0.369 e. The number of nitrogen functional groups attached to an aromatic ring is 1. The van der Waals surface area contributed by atoms with Crippen LogP contribution in [0.1, 0.15) is 12.6 Å². The van der Waals surface area contributed by atoms with E-state index in [4.69, 9.17) is 17.3 Å². The third-order valence-corrected chi connectivity index (χ3v) is 3.50. The van der Waals surface area contributed by atoms with E-state index >= 15 is 0 Å². The third kappa shape index (κ3) is 1.76. The zero-order valence-corrected chi connectivity index (χ0v) is 11.8. The minimum Gasteiger partial charge on any atom is -0.369 e. The smallest absolute Gasteiger partial charge is 0.207 e. The fraction of sp³-hybridized carbons (Fsp3) is 0.231. The van der Waals surface area contributed by atoms with Crippen LogP contribution in [0.4, 0.5) is 10.3 Å². The maximum absolute atomic E-state index is 13.7. The van der Waals surface area contributed by atoms with Gasteiger partial charge in [0.25, 0.3) is 0 Å². The Morgan fingerprint density at radius 3 is 2.80 bits per heavy atom. The molecule has 0 aliphatic carbocycles. The van der Waals surface area contributed by atoms with E-state index in [1.807, 2.05) is 13.8 Å². The Morgan fingerprint density at radius 2 is 2.15 bits per heavy atom. The lowest BCUT2D eigenvalue weighted by Crippen LogP contribution is -2.06. The topological polar surface area (TPSA) is 61.7 Å². The van der Waals surface area contributed by atoms with Crippen molar-refractivity contribution < 1.29 is 4.39 Å². The molecule has 2 N–H and O–H groups in total. The van der Waals surface area contributed by atoms with Gasteiger partial charge in [0.2, 0.25) is 5.95 Å². The van der Waals surface area contributed by atoms with Crippen LogP contribution >= 0.6 is 11.6 Å². The standard InChI is InChI=1S/C13H13ClFN5/c1-3-19-12-11(7(2)18-19)17-13(16)20(12)8-4-5-9(14)10(15)6-8/h4-6H,3H2,1-2H3,(H2,16,17). The van der Waals surface area contributed by atoms with Crippen molar-refractivity contribution in [2.24, 2.45) is 0 Å². The number of benzene rings is 1. The zero-order chi connectivity index (χ0) is 14.4. The van der Waals surface area contributed by atoms with Gasteiger partial charge in [-0.3, -0.25) is 4.57 Å². The summed E-state index contributed by atoms with van der Waals surface area (Å²) in [5, 5.41) is 4.47. The Balaban J connectivity index is 2.34. The molecule has 20 heavy (non-hydrogen) atoms. The molecular formula is C13H13ClFN5. The second-order valence-electron chi connectivity index (χ2n) is 4.48. The summed E-state index contributed by atoms with van der Waals surface area (Å²) in [7, 11) is 0. The third-order valence-electron chi connectivity index (χ3n) is 3.20. The van der Waals surface area contributed by atoms with E-state index in [1.165, 1.54) is 12.1 Å². The van der Waals surface area contributed by atoms with E-state index in [-0.39, 0.29) is 5.02 Å². The van der Waals surface area contributed by atoms with Crippen molar-refractivity contribution in [2.45, 2.75) is 20.4 Å². The summed E-state index contributed by atoms with van der Waals surface area (Å²) in [6, 6.07) is 4.53. The van der Waals surface area contributed by atoms with Gasteiger partial charge in [0.15, 0.2) is 5.65 Å². The molecule has 3 aromatic rings. The summed E-state index contributed by atoms with van der Waals surface area (Å²) in [5.74, 6) is -0.200. The highest BCUT2D eigenvalue weighted by Crippen LogP contribution is 2.27. The van der Waals surface area contributed by atoms with Gasteiger partial charge in [-0.05, 0) is 32.0 Å². The number of halogens is 2. The number of nitrogens with two attached hydrogens (primary N) is 1.